The number of hydrogen-bond donors (Lipinski definition) is 0. The van der Waals surface area contributed by atoms with Gasteiger partial charge in [-0.2, -0.15) is 0 Å². The fourth-order valence-electron chi connectivity index (χ4n) is 1.60. The molecule has 82 valence electrons. The molecule has 0 spiro atoms. The van der Waals surface area contributed by atoms with Gasteiger partial charge in [-0.1, -0.05) is 25.1 Å². The first kappa shape index (κ1) is 10.5. The van der Waals surface area contributed by atoms with Crippen LogP contribution < -0.4 is 4.74 Å². The van der Waals surface area contributed by atoms with Crippen LogP contribution in [0.4, 0.5) is 0 Å². The molecular weight excluding hydrogens is 192 g/mol. The number of aryl methyl sites for hydroxylation is 1. The summed E-state index contributed by atoms with van der Waals surface area (Å²) in [5, 5.41) is 0. The summed E-state index contributed by atoms with van der Waals surface area (Å²) in [5.41, 5.74) is 1.22. The van der Waals surface area contributed by atoms with E-state index in [9.17, 15) is 0 Å². The average molecular weight is 208 g/mol. The molecule has 1 aliphatic heterocycles. The van der Waals surface area contributed by atoms with Gasteiger partial charge in [0.1, 0.15) is 12.4 Å². The van der Waals surface area contributed by atoms with E-state index in [1.165, 1.54) is 5.56 Å². The van der Waals surface area contributed by atoms with Crippen LogP contribution in [0.3, 0.4) is 0 Å². The molecule has 1 aromatic rings. The molecule has 0 aromatic heterocycles. The predicted molar refractivity (Wildman–Crippen MR) is 57.0 cm³/mol. The van der Waals surface area contributed by atoms with Gasteiger partial charge < -0.3 is 14.2 Å². The first-order valence-corrected chi connectivity index (χ1v) is 5.34. The van der Waals surface area contributed by atoms with Gasteiger partial charge in [0.2, 0.25) is 0 Å². The molecule has 1 saturated heterocycles. The van der Waals surface area contributed by atoms with Crippen LogP contribution >= 0.6 is 0 Å². The van der Waals surface area contributed by atoms with Gasteiger partial charge in [0.05, 0.1) is 13.2 Å². The summed E-state index contributed by atoms with van der Waals surface area (Å²) in [4.78, 5) is 0. The van der Waals surface area contributed by atoms with Gasteiger partial charge in [0.15, 0.2) is 6.29 Å². The van der Waals surface area contributed by atoms with Crippen LogP contribution in [0.25, 0.3) is 0 Å². The van der Waals surface area contributed by atoms with Crippen LogP contribution in [0.1, 0.15) is 12.5 Å². The van der Waals surface area contributed by atoms with Crippen LogP contribution in [0.15, 0.2) is 24.3 Å². The van der Waals surface area contributed by atoms with Crippen LogP contribution in [-0.2, 0) is 15.9 Å². The molecule has 0 saturated carbocycles. The quantitative estimate of drug-likeness (QED) is 0.757. The Bertz CT molecular complexity index is 305. The van der Waals surface area contributed by atoms with Crippen LogP contribution in [0, 0.1) is 0 Å². The topological polar surface area (TPSA) is 27.7 Å². The summed E-state index contributed by atoms with van der Waals surface area (Å²) in [5.74, 6) is 0.930. The summed E-state index contributed by atoms with van der Waals surface area (Å²) in [6.45, 7) is 3.93. The van der Waals surface area contributed by atoms with Crippen molar-refractivity contribution in [2.24, 2.45) is 0 Å². The second kappa shape index (κ2) is 5.14. The molecule has 3 heteroatoms. The van der Waals surface area contributed by atoms with E-state index >= 15 is 0 Å². The minimum absolute atomic E-state index is 0.199. The van der Waals surface area contributed by atoms with E-state index in [0.29, 0.717) is 19.8 Å². The van der Waals surface area contributed by atoms with E-state index in [1.54, 1.807) is 0 Å². The molecule has 15 heavy (non-hydrogen) atoms. The lowest BCUT2D eigenvalue weighted by Crippen LogP contribution is -2.18. The Hall–Kier alpha value is -1.06. The van der Waals surface area contributed by atoms with Crippen LogP contribution in [0.5, 0.6) is 5.75 Å². The minimum Gasteiger partial charge on any atom is -0.488 e. The van der Waals surface area contributed by atoms with Gasteiger partial charge in [-0.3, -0.25) is 0 Å². The fourth-order valence-corrected chi connectivity index (χ4v) is 1.60. The minimum atomic E-state index is -0.199. The smallest absolute Gasteiger partial charge is 0.191 e. The first-order chi connectivity index (χ1) is 7.40. The standard InChI is InChI=1S/C12H16O3/c1-2-10-5-3-4-6-11(10)15-9-12-13-7-8-14-12/h3-6,12H,2,7-9H2,1H3. The Labute approximate surface area is 90.0 Å². The van der Waals surface area contributed by atoms with E-state index in [2.05, 4.69) is 13.0 Å². The predicted octanol–water partition coefficient (Wildman–Crippen LogP) is 2.00. The maximum absolute atomic E-state index is 5.66. The summed E-state index contributed by atoms with van der Waals surface area (Å²) in [6.07, 6.45) is 0.776. The van der Waals surface area contributed by atoms with Gasteiger partial charge in [0, 0.05) is 0 Å². The number of rotatable bonds is 4. The second-order valence-electron chi connectivity index (χ2n) is 3.44. The van der Waals surface area contributed by atoms with E-state index < -0.39 is 0 Å². The molecule has 2 rings (SSSR count). The SMILES string of the molecule is CCc1ccccc1OCC1OCCO1. The Morgan fingerprint density at radius 3 is 2.73 bits per heavy atom. The largest absolute Gasteiger partial charge is 0.488 e. The molecule has 0 unspecified atom stereocenters. The van der Waals surface area contributed by atoms with Crippen molar-refractivity contribution in [2.75, 3.05) is 19.8 Å². The molecule has 0 amide bonds. The summed E-state index contributed by atoms with van der Waals surface area (Å²) in [7, 11) is 0. The second-order valence-corrected chi connectivity index (χ2v) is 3.44. The normalized spacial score (nSPS) is 16.9. The maximum atomic E-state index is 5.66. The molecule has 0 N–H and O–H groups in total. The zero-order chi connectivity index (χ0) is 10.5. The van der Waals surface area contributed by atoms with E-state index in [1.807, 2.05) is 18.2 Å². The zero-order valence-corrected chi connectivity index (χ0v) is 8.94. The zero-order valence-electron chi connectivity index (χ0n) is 8.94. The molecule has 0 atom stereocenters. The van der Waals surface area contributed by atoms with Crippen molar-refractivity contribution in [1.29, 1.82) is 0 Å². The summed E-state index contributed by atoms with van der Waals surface area (Å²) in [6, 6.07) is 8.05. The molecule has 0 aliphatic carbocycles. The van der Waals surface area contributed by atoms with Crippen molar-refractivity contribution in [1.82, 2.24) is 0 Å². The van der Waals surface area contributed by atoms with Crippen molar-refractivity contribution >= 4 is 0 Å². The highest BCUT2D eigenvalue weighted by atomic mass is 16.7. The van der Waals surface area contributed by atoms with Crippen molar-refractivity contribution < 1.29 is 14.2 Å². The van der Waals surface area contributed by atoms with Gasteiger partial charge >= 0.3 is 0 Å². The monoisotopic (exact) mass is 208 g/mol. The third-order valence-electron chi connectivity index (χ3n) is 2.42. The van der Waals surface area contributed by atoms with Gasteiger partial charge in [0.25, 0.3) is 0 Å². The molecule has 0 radical (unpaired) electrons. The van der Waals surface area contributed by atoms with Crippen molar-refractivity contribution in [3.63, 3.8) is 0 Å². The van der Waals surface area contributed by atoms with Crippen molar-refractivity contribution in [3.8, 4) is 5.75 Å². The lowest BCUT2D eigenvalue weighted by atomic mass is 10.1. The summed E-state index contributed by atoms with van der Waals surface area (Å²) < 4.78 is 16.3. The number of benzene rings is 1. The Morgan fingerprint density at radius 1 is 1.27 bits per heavy atom. The van der Waals surface area contributed by atoms with Crippen LogP contribution in [0.2, 0.25) is 0 Å². The lowest BCUT2D eigenvalue weighted by molar-refractivity contribution is -0.0685. The average Bonchev–Trinajstić information content (AvgIpc) is 2.79. The van der Waals surface area contributed by atoms with Gasteiger partial charge in [-0.05, 0) is 18.1 Å². The van der Waals surface area contributed by atoms with Crippen molar-refractivity contribution in [2.45, 2.75) is 19.6 Å². The Morgan fingerprint density at radius 2 is 2.00 bits per heavy atom. The van der Waals surface area contributed by atoms with E-state index in [0.717, 1.165) is 12.2 Å². The fraction of sp³-hybridized carbons (Fsp3) is 0.500. The molecule has 0 bridgehead atoms. The lowest BCUT2D eigenvalue weighted by Gasteiger charge is -2.13. The Kier molecular flexibility index (Phi) is 3.59. The van der Waals surface area contributed by atoms with E-state index in [4.69, 9.17) is 14.2 Å². The number of para-hydroxylation sites is 1. The highest BCUT2D eigenvalue weighted by molar-refractivity contribution is 5.33. The maximum Gasteiger partial charge on any atom is 0.191 e. The molecule has 1 heterocycles. The third kappa shape index (κ3) is 2.70. The molecular formula is C12H16O3. The van der Waals surface area contributed by atoms with Crippen LogP contribution in [-0.4, -0.2) is 26.1 Å². The first-order valence-electron chi connectivity index (χ1n) is 5.34. The highest BCUT2D eigenvalue weighted by Crippen LogP contribution is 2.19. The van der Waals surface area contributed by atoms with E-state index in [-0.39, 0.29) is 6.29 Å². The summed E-state index contributed by atoms with van der Waals surface area (Å²) >= 11 is 0. The molecule has 3 nitrogen and oxygen atoms in total. The van der Waals surface area contributed by atoms with Crippen molar-refractivity contribution in [3.05, 3.63) is 29.8 Å². The Balaban J connectivity index is 1.91. The number of ether oxygens (including phenoxy) is 3. The van der Waals surface area contributed by atoms with Gasteiger partial charge in [-0.15, -0.1) is 0 Å². The third-order valence-corrected chi connectivity index (χ3v) is 2.42. The molecule has 1 fully saturated rings. The number of hydrogen-bond acceptors (Lipinski definition) is 3. The molecule has 1 aliphatic rings. The highest BCUT2D eigenvalue weighted by Gasteiger charge is 2.16. The molecule has 1 aromatic carbocycles. The van der Waals surface area contributed by atoms with Gasteiger partial charge in [-0.25, -0.2) is 0 Å².